The standard InChI is InChI=1S/C18H16BrF2NO3/c1-25-18(24)16(9-11-5-2-3-6-13(11)19)22-17(23)10-12-14(20)7-4-8-15(12)21/h2-8,16H,9-10H2,1H3,(H,22,23)/t16-/m1/s1. The Hall–Kier alpha value is -2.28. The number of halogens is 3. The van der Waals surface area contributed by atoms with Crippen molar-refractivity contribution in [2.24, 2.45) is 0 Å². The van der Waals surface area contributed by atoms with Crippen LogP contribution in [0.5, 0.6) is 0 Å². The van der Waals surface area contributed by atoms with Crippen LogP contribution in [-0.4, -0.2) is 25.0 Å². The molecule has 0 saturated carbocycles. The van der Waals surface area contributed by atoms with Crippen LogP contribution in [0, 0.1) is 11.6 Å². The van der Waals surface area contributed by atoms with E-state index in [0.29, 0.717) is 0 Å². The lowest BCUT2D eigenvalue weighted by molar-refractivity contribution is -0.145. The van der Waals surface area contributed by atoms with Crippen LogP contribution in [0.3, 0.4) is 0 Å². The summed E-state index contributed by atoms with van der Waals surface area (Å²) in [4.78, 5) is 24.1. The fraction of sp³-hybridized carbons (Fsp3) is 0.222. The minimum Gasteiger partial charge on any atom is -0.467 e. The van der Waals surface area contributed by atoms with E-state index in [2.05, 4.69) is 21.2 Å². The first-order valence-corrected chi connectivity index (χ1v) is 8.25. The van der Waals surface area contributed by atoms with Crippen LogP contribution in [-0.2, 0) is 27.2 Å². The van der Waals surface area contributed by atoms with Crippen LogP contribution in [0.25, 0.3) is 0 Å². The van der Waals surface area contributed by atoms with E-state index in [1.54, 1.807) is 18.2 Å². The molecular formula is C18H16BrF2NO3. The molecule has 0 aliphatic rings. The number of hydrogen-bond donors (Lipinski definition) is 1. The van der Waals surface area contributed by atoms with Crippen molar-refractivity contribution in [3.63, 3.8) is 0 Å². The Bertz CT molecular complexity index is 762. The number of nitrogens with one attached hydrogen (secondary N) is 1. The van der Waals surface area contributed by atoms with Crippen molar-refractivity contribution in [3.8, 4) is 0 Å². The number of ether oxygens (including phenoxy) is 1. The number of carbonyl (C=O) groups excluding carboxylic acids is 2. The van der Waals surface area contributed by atoms with Crippen molar-refractivity contribution in [1.82, 2.24) is 5.32 Å². The number of methoxy groups -OCH3 is 1. The molecule has 132 valence electrons. The third-order valence-corrected chi connectivity index (χ3v) is 4.38. The molecule has 2 aromatic rings. The molecule has 0 spiro atoms. The lowest BCUT2D eigenvalue weighted by Gasteiger charge is -2.17. The highest BCUT2D eigenvalue weighted by Gasteiger charge is 2.24. The van der Waals surface area contributed by atoms with Gasteiger partial charge in [0.25, 0.3) is 0 Å². The average Bonchev–Trinajstić information content (AvgIpc) is 2.59. The summed E-state index contributed by atoms with van der Waals surface area (Å²) in [7, 11) is 1.21. The van der Waals surface area contributed by atoms with Crippen LogP contribution in [0.2, 0.25) is 0 Å². The van der Waals surface area contributed by atoms with Gasteiger partial charge in [-0.3, -0.25) is 4.79 Å². The van der Waals surface area contributed by atoms with Gasteiger partial charge in [-0.2, -0.15) is 0 Å². The van der Waals surface area contributed by atoms with Gasteiger partial charge in [-0.05, 0) is 23.8 Å². The van der Waals surface area contributed by atoms with Gasteiger partial charge in [0.15, 0.2) is 0 Å². The third-order valence-electron chi connectivity index (χ3n) is 3.60. The Morgan fingerprint density at radius 1 is 1.12 bits per heavy atom. The molecule has 0 aliphatic carbocycles. The lowest BCUT2D eigenvalue weighted by Crippen LogP contribution is -2.43. The molecule has 0 aliphatic heterocycles. The number of hydrogen-bond acceptors (Lipinski definition) is 3. The van der Waals surface area contributed by atoms with E-state index in [-0.39, 0.29) is 12.0 Å². The van der Waals surface area contributed by atoms with Crippen molar-refractivity contribution < 1.29 is 23.1 Å². The lowest BCUT2D eigenvalue weighted by atomic mass is 10.0. The zero-order valence-electron chi connectivity index (χ0n) is 13.4. The summed E-state index contributed by atoms with van der Waals surface area (Å²) >= 11 is 3.37. The van der Waals surface area contributed by atoms with Crippen LogP contribution in [0.4, 0.5) is 8.78 Å². The molecule has 2 rings (SSSR count). The average molecular weight is 412 g/mol. The first-order valence-electron chi connectivity index (χ1n) is 7.46. The maximum Gasteiger partial charge on any atom is 0.328 e. The van der Waals surface area contributed by atoms with Gasteiger partial charge in [-0.25, -0.2) is 13.6 Å². The van der Waals surface area contributed by atoms with Gasteiger partial charge < -0.3 is 10.1 Å². The smallest absolute Gasteiger partial charge is 0.328 e. The van der Waals surface area contributed by atoms with Crippen LogP contribution < -0.4 is 5.32 Å². The third kappa shape index (κ3) is 5.09. The van der Waals surface area contributed by atoms with E-state index in [1.165, 1.54) is 13.2 Å². The largest absolute Gasteiger partial charge is 0.467 e. The Morgan fingerprint density at radius 3 is 2.36 bits per heavy atom. The SMILES string of the molecule is COC(=O)[C@@H](Cc1ccccc1Br)NC(=O)Cc1c(F)cccc1F. The van der Waals surface area contributed by atoms with Gasteiger partial charge in [-0.15, -0.1) is 0 Å². The molecule has 0 bridgehead atoms. The van der Waals surface area contributed by atoms with Crippen molar-refractivity contribution in [1.29, 1.82) is 0 Å². The fourth-order valence-corrected chi connectivity index (χ4v) is 2.77. The predicted octanol–water partition coefficient (Wildman–Crippen LogP) is 3.17. The van der Waals surface area contributed by atoms with Gasteiger partial charge in [0.05, 0.1) is 13.5 Å². The van der Waals surface area contributed by atoms with Crippen LogP contribution in [0.15, 0.2) is 46.9 Å². The Kier molecular flexibility index (Phi) is 6.64. The number of amides is 1. The van der Waals surface area contributed by atoms with E-state index in [1.807, 2.05) is 6.07 Å². The Balaban J connectivity index is 2.13. The Labute approximate surface area is 152 Å². The molecule has 0 fully saturated rings. The zero-order chi connectivity index (χ0) is 18.4. The molecule has 7 heteroatoms. The highest BCUT2D eigenvalue weighted by atomic mass is 79.9. The van der Waals surface area contributed by atoms with Crippen molar-refractivity contribution >= 4 is 27.8 Å². The van der Waals surface area contributed by atoms with E-state index in [9.17, 15) is 18.4 Å². The van der Waals surface area contributed by atoms with Gasteiger partial charge >= 0.3 is 5.97 Å². The molecule has 0 aromatic heterocycles. The number of rotatable bonds is 6. The number of benzene rings is 2. The fourth-order valence-electron chi connectivity index (χ4n) is 2.33. The molecule has 1 atom stereocenters. The molecule has 0 saturated heterocycles. The summed E-state index contributed by atoms with van der Waals surface area (Å²) in [5.41, 5.74) is 0.444. The summed E-state index contributed by atoms with van der Waals surface area (Å²) < 4.78 is 32.8. The highest BCUT2D eigenvalue weighted by Crippen LogP contribution is 2.18. The second-order valence-corrected chi connectivity index (χ2v) is 6.17. The summed E-state index contributed by atoms with van der Waals surface area (Å²) in [6.07, 6.45) is -0.332. The summed E-state index contributed by atoms with van der Waals surface area (Å²) in [6.45, 7) is 0. The van der Waals surface area contributed by atoms with Crippen molar-refractivity contribution in [3.05, 3.63) is 69.7 Å². The van der Waals surface area contributed by atoms with Gasteiger partial charge in [0.1, 0.15) is 17.7 Å². The van der Waals surface area contributed by atoms with Crippen molar-refractivity contribution in [2.45, 2.75) is 18.9 Å². The normalized spacial score (nSPS) is 11.7. The molecular weight excluding hydrogens is 396 g/mol. The molecule has 1 N–H and O–H groups in total. The molecule has 2 aromatic carbocycles. The first kappa shape index (κ1) is 19.1. The molecule has 4 nitrogen and oxygen atoms in total. The van der Waals surface area contributed by atoms with Gasteiger partial charge in [0, 0.05) is 16.5 Å². The van der Waals surface area contributed by atoms with E-state index in [0.717, 1.165) is 22.2 Å². The minimum atomic E-state index is -0.967. The topological polar surface area (TPSA) is 55.4 Å². The summed E-state index contributed by atoms with van der Waals surface area (Å²) in [6, 6.07) is 9.62. The quantitative estimate of drug-likeness (QED) is 0.742. The molecule has 0 unspecified atom stereocenters. The summed E-state index contributed by atoms with van der Waals surface area (Å²) in [5, 5.41) is 2.48. The first-order chi connectivity index (χ1) is 11.9. The van der Waals surface area contributed by atoms with Gasteiger partial charge in [-0.1, -0.05) is 40.2 Å². The van der Waals surface area contributed by atoms with Gasteiger partial charge in [0.2, 0.25) is 5.91 Å². The highest BCUT2D eigenvalue weighted by molar-refractivity contribution is 9.10. The number of esters is 1. The summed E-state index contributed by atoms with van der Waals surface area (Å²) in [5.74, 6) is -2.93. The molecule has 0 radical (unpaired) electrons. The van der Waals surface area contributed by atoms with Crippen molar-refractivity contribution in [2.75, 3.05) is 7.11 Å². The second-order valence-electron chi connectivity index (χ2n) is 5.32. The maximum atomic E-state index is 13.7. The number of carbonyl (C=O) groups is 2. The predicted molar refractivity (Wildman–Crippen MR) is 91.9 cm³/mol. The minimum absolute atomic E-state index is 0.180. The maximum absolute atomic E-state index is 13.7. The monoisotopic (exact) mass is 411 g/mol. The van der Waals surface area contributed by atoms with E-state index in [4.69, 9.17) is 4.74 Å². The zero-order valence-corrected chi connectivity index (χ0v) is 15.0. The molecule has 1 amide bonds. The second kappa shape index (κ2) is 8.71. The van der Waals surface area contributed by atoms with Crippen LogP contribution >= 0.6 is 15.9 Å². The molecule has 25 heavy (non-hydrogen) atoms. The Morgan fingerprint density at radius 2 is 1.76 bits per heavy atom. The van der Waals surface area contributed by atoms with E-state index >= 15 is 0 Å². The van der Waals surface area contributed by atoms with E-state index < -0.39 is 36.0 Å². The molecule has 0 heterocycles. The van der Waals surface area contributed by atoms with Crippen LogP contribution in [0.1, 0.15) is 11.1 Å².